The van der Waals surface area contributed by atoms with E-state index in [-0.39, 0.29) is 12.3 Å². The van der Waals surface area contributed by atoms with Gasteiger partial charge < -0.3 is 14.6 Å². The first-order valence-electron chi connectivity index (χ1n) is 8.95. The van der Waals surface area contributed by atoms with Crippen LogP contribution in [0.25, 0.3) is 11.0 Å². The number of rotatable bonds is 5. The molecule has 4 aromatic heterocycles. The van der Waals surface area contributed by atoms with Gasteiger partial charge in [-0.2, -0.15) is 9.65 Å². The van der Waals surface area contributed by atoms with Crippen LogP contribution in [-0.4, -0.2) is 34.1 Å². The van der Waals surface area contributed by atoms with E-state index in [2.05, 4.69) is 19.9 Å². The number of H-pyrrole nitrogens is 1. The van der Waals surface area contributed by atoms with Crippen LogP contribution in [0.1, 0.15) is 16.7 Å². The van der Waals surface area contributed by atoms with E-state index in [1.165, 1.54) is 30.5 Å². The second-order valence-electron chi connectivity index (χ2n) is 6.59. The molecule has 30 heavy (non-hydrogen) atoms. The monoisotopic (exact) mass is 406 g/mol. The minimum Gasteiger partial charge on any atom is -0.479 e. The summed E-state index contributed by atoms with van der Waals surface area (Å²) < 4.78 is 33.5. The number of nitrogens with zero attached hydrogens (tertiary/aromatic N) is 5. The molecule has 0 saturated heterocycles. The predicted octanol–water partition coefficient (Wildman–Crippen LogP) is 3.87. The summed E-state index contributed by atoms with van der Waals surface area (Å²) in [5, 5.41) is 9.83. The van der Waals surface area contributed by atoms with E-state index >= 15 is 0 Å². The molecule has 0 unspecified atom stereocenters. The zero-order valence-corrected chi connectivity index (χ0v) is 16.1. The number of methoxy groups -OCH3 is 1. The molecule has 4 heterocycles. The lowest BCUT2D eigenvalue weighted by molar-refractivity contribution is 0.369. The normalized spacial score (nSPS) is 10.8. The van der Waals surface area contributed by atoms with Gasteiger partial charge in [-0.1, -0.05) is 6.07 Å². The van der Waals surface area contributed by atoms with Gasteiger partial charge in [0.1, 0.15) is 17.5 Å². The van der Waals surface area contributed by atoms with E-state index in [4.69, 9.17) is 10.00 Å². The summed E-state index contributed by atoms with van der Waals surface area (Å²) in [5.74, 6) is -1.08. The Hall–Kier alpha value is -4.06. The Morgan fingerprint density at radius 3 is 2.70 bits per heavy atom. The second-order valence-corrected chi connectivity index (χ2v) is 6.59. The van der Waals surface area contributed by atoms with Crippen LogP contribution in [0.3, 0.4) is 0 Å². The second kappa shape index (κ2) is 7.75. The Morgan fingerprint density at radius 1 is 1.17 bits per heavy atom. The number of hydrogen-bond acceptors (Lipinski definition) is 6. The van der Waals surface area contributed by atoms with E-state index in [0.29, 0.717) is 28.3 Å². The van der Waals surface area contributed by atoms with E-state index in [1.807, 2.05) is 6.07 Å². The van der Waals surface area contributed by atoms with Crippen molar-refractivity contribution in [1.82, 2.24) is 19.9 Å². The Bertz CT molecular complexity index is 1280. The van der Waals surface area contributed by atoms with Gasteiger partial charge in [-0.15, -0.1) is 0 Å². The van der Waals surface area contributed by atoms with Gasteiger partial charge >= 0.3 is 0 Å². The third-order valence-corrected chi connectivity index (χ3v) is 4.76. The molecule has 0 aromatic carbocycles. The minimum absolute atomic E-state index is 0.116. The molecule has 4 rings (SSSR count). The van der Waals surface area contributed by atoms with Crippen LogP contribution in [0.4, 0.5) is 20.3 Å². The summed E-state index contributed by atoms with van der Waals surface area (Å²) in [5.41, 5.74) is 2.65. The van der Waals surface area contributed by atoms with Crippen molar-refractivity contribution in [2.75, 3.05) is 19.1 Å². The number of aromatic nitrogens is 4. The van der Waals surface area contributed by atoms with E-state index in [9.17, 15) is 8.78 Å². The summed E-state index contributed by atoms with van der Waals surface area (Å²) in [6.45, 7) is 0. The van der Waals surface area contributed by atoms with Gasteiger partial charge in [0.05, 0.1) is 24.6 Å². The summed E-state index contributed by atoms with van der Waals surface area (Å²) in [7, 11) is 2.97. The summed E-state index contributed by atoms with van der Waals surface area (Å²) in [6.07, 6.45) is 4.91. The minimum atomic E-state index is -0.639. The van der Waals surface area contributed by atoms with Crippen LogP contribution in [0.15, 0.2) is 42.9 Å². The molecule has 9 heteroatoms. The molecule has 1 N–H and O–H groups in total. The molecule has 0 aliphatic heterocycles. The number of nitrogens with one attached hydrogen (secondary N) is 1. The molecule has 0 radical (unpaired) electrons. The molecule has 0 fully saturated rings. The number of anilines is 2. The molecular weight excluding hydrogens is 390 g/mol. The van der Waals surface area contributed by atoms with Crippen LogP contribution in [0, 0.1) is 23.1 Å². The molecule has 150 valence electrons. The molecule has 0 atom stereocenters. The zero-order valence-electron chi connectivity index (χ0n) is 16.1. The van der Waals surface area contributed by atoms with Crippen molar-refractivity contribution in [3.63, 3.8) is 0 Å². The average Bonchev–Trinajstić information content (AvgIpc) is 3.16. The molecule has 0 saturated carbocycles. The van der Waals surface area contributed by atoms with Crippen LogP contribution >= 0.6 is 0 Å². The number of nitriles is 1. The maximum Gasteiger partial charge on any atom is 0.250 e. The van der Waals surface area contributed by atoms with E-state index in [1.54, 1.807) is 31.4 Å². The molecule has 4 aromatic rings. The summed E-state index contributed by atoms with van der Waals surface area (Å²) >= 11 is 0. The smallest absolute Gasteiger partial charge is 0.250 e. The first kappa shape index (κ1) is 19.3. The summed E-state index contributed by atoms with van der Waals surface area (Å²) in [4.78, 5) is 16.6. The third kappa shape index (κ3) is 3.51. The van der Waals surface area contributed by atoms with Gasteiger partial charge in [-0.05, 0) is 17.7 Å². The Morgan fingerprint density at radius 2 is 2.00 bits per heavy atom. The van der Waals surface area contributed by atoms with Crippen molar-refractivity contribution in [3.05, 3.63) is 71.3 Å². The highest BCUT2D eigenvalue weighted by atomic mass is 19.1. The quantitative estimate of drug-likeness (QED) is 0.506. The molecule has 0 bridgehead atoms. The highest BCUT2D eigenvalue weighted by Crippen LogP contribution is 2.27. The van der Waals surface area contributed by atoms with Gasteiger partial charge in [-0.3, -0.25) is 0 Å². The van der Waals surface area contributed by atoms with E-state index in [0.717, 1.165) is 10.9 Å². The van der Waals surface area contributed by atoms with E-state index < -0.39 is 11.8 Å². The number of hydrogen-bond donors (Lipinski definition) is 1. The van der Waals surface area contributed by atoms with Crippen molar-refractivity contribution in [2.45, 2.75) is 6.42 Å². The lowest BCUT2D eigenvalue weighted by Crippen LogP contribution is -2.13. The molecule has 0 aliphatic carbocycles. The van der Waals surface area contributed by atoms with Crippen LogP contribution < -0.4 is 9.64 Å². The number of pyridine rings is 3. The fourth-order valence-corrected chi connectivity index (χ4v) is 3.12. The lowest BCUT2D eigenvalue weighted by atomic mass is 10.1. The van der Waals surface area contributed by atoms with Crippen molar-refractivity contribution in [3.8, 4) is 11.9 Å². The average molecular weight is 406 g/mol. The lowest BCUT2D eigenvalue weighted by Gasteiger charge is -2.19. The number of halogens is 2. The molecule has 0 amide bonds. The molecular formula is C21H16F2N6O. The van der Waals surface area contributed by atoms with Gasteiger partial charge in [0.2, 0.25) is 11.8 Å². The van der Waals surface area contributed by atoms with Crippen LogP contribution in [0.5, 0.6) is 5.88 Å². The largest absolute Gasteiger partial charge is 0.479 e. The van der Waals surface area contributed by atoms with Crippen LogP contribution in [-0.2, 0) is 6.42 Å². The SMILES string of the molecule is COc1ncc(N(C)c2ccc(Cc3c[nH]c4ncc(C#N)cc34)c(F)n2)cc1F. The highest BCUT2D eigenvalue weighted by Gasteiger charge is 2.15. The maximum absolute atomic E-state index is 14.7. The van der Waals surface area contributed by atoms with Gasteiger partial charge in [0.15, 0.2) is 5.82 Å². The third-order valence-electron chi connectivity index (χ3n) is 4.76. The van der Waals surface area contributed by atoms with Crippen molar-refractivity contribution >= 4 is 22.5 Å². The molecule has 7 nitrogen and oxygen atoms in total. The van der Waals surface area contributed by atoms with Gasteiger partial charge in [0, 0.05) is 42.9 Å². The number of ether oxygens (including phenoxy) is 1. The summed E-state index contributed by atoms with van der Waals surface area (Å²) in [6, 6.07) is 8.28. The van der Waals surface area contributed by atoms with Gasteiger partial charge in [0.25, 0.3) is 0 Å². The number of fused-ring (bicyclic) bond motifs is 1. The zero-order chi connectivity index (χ0) is 21.3. The maximum atomic E-state index is 14.7. The molecule has 0 aliphatic rings. The number of aromatic amines is 1. The first-order chi connectivity index (χ1) is 14.5. The van der Waals surface area contributed by atoms with Crippen molar-refractivity contribution in [1.29, 1.82) is 5.26 Å². The van der Waals surface area contributed by atoms with Gasteiger partial charge in [-0.25, -0.2) is 19.3 Å². The molecule has 0 spiro atoms. The van der Waals surface area contributed by atoms with Crippen molar-refractivity contribution < 1.29 is 13.5 Å². The Kier molecular flexibility index (Phi) is 4.98. The fourth-order valence-electron chi connectivity index (χ4n) is 3.12. The fraction of sp³-hybridized carbons (Fsp3) is 0.143. The van der Waals surface area contributed by atoms with Crippen molar-refractivity contribution in [2.24, 2.45) is 0 Å². The predicted molar refractivity (Wildman–Crippen MR) is 107 cm³/mol. The Labute approximate surface area is 170 Å². The standard InChI is InChI=1S/C21H16F2N6O/c1-29(15-7-17(22)21(30-2)27-11-15)18-4-3-13(19(23)28-18)6-14-10-26-20-16(14)5-12(8-24)9-25-20/h3-5,7,9-11H,6H2,1-2H3,(H,25,26). The van der Waals surface area contributed by atoms with Crippen LogP contribution in [0.2, 0.25) is 0 Å². The first-order valence-corrected chi connectivity index (χ1v) is 8.95. The highest BCUT2D eigenvalue weighted by molar-refractivity contribution is 5.81. The Balaban J connectivity index is 1.61. The topological polar surface area (TPSA) is 90.7 Å².